The fourth-order valence-electron chi connectivity index (χ4n) is 2.78. The Bertz CT molecular complexity index is 428. The summed E-state index contributed by atoms with van der Waals surface area (Å²) in [5.41, 5.74) is 8.32. The average Bonchev–Trinajstić information content (AvgIpc) is 2.47. The van der Waals surface area contributed by atoms with E-state index in [1.54, 1.807) is 7.11 Å². The molecule has 4 nitrogen and oxygen atoms in total. The molecule has 1 saturated heterocycles. The van der Waals surface area contributed by atoms with Crippen LogP contribution in [0.4, 0.5) is 0 Å². The van der Waals surface area contributed by atoms with Crippen LogP contribution < -0.4 is 10.5 Å². The molecule has 1 heterocycles. The third-order valence-corrected chi connectivity index (χ3v) is 4.20. The zero-order valence-corrected chi connectivity index (χ0v) is 12.9. The Balaban J connectivity index is 1.94. The first kappa shape index (κ1) is 15.3. The van der Waals surface area contributed by atoms with E-state index in [1.807, 2.05) is 0 Å². The minimum atomic E-state index is 0.491. The van der Waals surface area contributed by atoms with Gasteiger partial charge in [0.2, 0.25) is 0 Å². The molecule has 1 fully saturated rings. The number of hydrogen-bond acceptors (Lipinski definition) is 4. The summed E-state index contributed by atoms with van der Waals surface area (Å²) in [6, 6.07) is 6.89. The number of nitrogens with zero attached hydrogens (tertiary/aromatic N) is 2. The summed E-state index contributed by atoms with van der Waals surface area (Å²) in [5, 5.41) is 0. The maximum atomic E-state index is 5.74. The molecule has 0 bridgehead atoms. The van der Waals surface area contributed by atoms with Gasteiger partial charge >= 0.3 is 0 Å². The molecule has 1 unspecified atom stereocenters. The van der Waals surface area contributed by atoms with Crippen LogP contribution in [0.1, 0.15) is 18.1 Å². The van der Waals surface area contributed by atoms with E-state index in [0.717, 1.165) is 45.0 Å². The van der Waals surface area contributed by atoms with Crippen molar-refractivity contribution in [3.8, 4) is 5.75 Å². The largest absolute Gasteiger partial charge is 0.496 e. The molecule has 112 valence electrons. The molecule has 1 aromatic carbocycles. The van der Waals surface area contributed by atoms with E-state index in [4.69, 9.17) is 10.5 Å². The lowest BCUT2D eigenvalue weighted by molar-refractivity contribution is 0.0999. The summed E-state index contributed by atoms with van der Waals surface area (Å²) in [6.45, 7) is 10.5. The molecule has 2 N–H and O–H groups in total. The average molecular weight is 277 g/mol. The van der Waals surface area contributed by atoms with Gasteiger partial charge in [0.15, 0.2) is 0 Å². The summed E-state index contributed by atoms with van der Waals surface area (Å²) in [5.74, 6) is 0.994. The monoisotopic (exact) mass is 277 g/mol. The number of nitrogens with two attached hydrogens (primary N) is 1. The number of hydrogen-bond donors (Lipinski definition) is 1. The van der Waals surface area contributed by atoms with E-state index in [-0.39, 0.29) is 0 Å². The normalized spacial score (nSPS) is 19.0. The molecule has 0 saturated carbocycles. The second-order valence-corrected chi connectivity index (χ2v) is 5.71. The second kappa shape index (κ2) is 7.07. The van der Waals surface area contributed by atoms with Gasteiger partial charge in [0.05, 0.1) is 7.11 Å². The van der Waals surface area contributed by atoms with Crippen LogP contribution in [0.5, 0.6) is 5.75 Å². The van der Waals surface area contributed by atoms with Crippen LogP contribution in [0.15, 0.2) is 18.2 Å². The summed E-state index contributed by atoms with van der Waals surface area (Å²) in [7, 11) is 1.75. The van der Waals surface area contributed by atoms with Crippen molar-refractivity contribution in [1.29, 1.82) is 0 Å². The molecule has 0 spiro atoms. The highest BCUT2D eigenvalue weighted by Gasteiger charge is 2.20. The molecule has 0 aliphatic carbocycles. The van der Waals surface area contributed by atoms with Crippen molar-refractivity contribution in [3.05, 3.63) is 29.3 Å². The van der Waals surface area contributed by atoms with Gasteiger partial charge in [-0.3, -0.25) is 9.80 Å². The molecule has 20 heavy (non-hydrogen) atoms. The first-order valence-electron chi connectivity index (χ1n) is 7.44. The Morgan fingerprint density at radius 1 is 1.25 bits per heavy atom. The minimum absolute atomic E-state index is 0.491. The standard InChI is InChI=1S/C16H27N3O/c1-13-4-5-16(20-3)15(10-13)12-18-6-8-19(9-7-18)14(2)11-17/h4-5,10,14H,6-9,11-12,17H2,1-3H3. The van der Waals surface area contributed by atoms with Crippen molar-refractivity contribution in [2.75, 3.05) is 39.8 Å². The molecule has 2 rings (SSSR count). The second-order valence-electron chi connectivity index (χ2n) is 5.71. The van der Waals surface area contributed by atoms with Crippen LogP contribution in [-0.4, -0.2) is 55.7 Å². The highest BCUT2D eigenvalue weighted by molar-refractivity contribution is 5.36. The zero-order chi connectivity index (χ0) is 14.5. The molecular weight excluding hydrogens is 250 g/mol. The van der Waals surface area contributed by atoms with Crippen molar-refractivity contribution < 1.29 is 4.74 Å². The summed E-state index contributed by atoms with van der Waals surface area (Å²) >= 11 is 0. The van der Waals surface area contributed by atoms with E-state index in [2.05, 4.69) is 41.8 Å². The van der Waals surface area contributed by atoms with Gasteiger partial charge in [-0.05, 0) is 19.9 Å². The van der Waals surface area contributed by atoms with Crippen LogP contribution in [-0.2, 0) is 6.54 Å². The molecule has 1 atom stereocenters. The van der Waals surface area contributed by atoms with Crippen molar-refractivity contribution >= 4 is 0 Å². The van der Waals surface area contributed by atoms with Crippen molar-refractivity contribution in [2.45, 2.75) is 26.4 Å². The Labute approximate surface area is 122 Å². The highest BCUT2D eigenvalue weighted by atomic mass is 16.5. The van der Waals surface area contributed by atoms with Gasteiger partial charge in [-0.1, -0.05) is 17.7 Å². The van der Waals surface area contributed by atoms with Crippen molar-refractivity contribution in [3.63, 3.8) is 0 Å². The van der Waals surface area contributed by atoms with Crippen LogP contribution >= 0.6 is 0 Å². The zero-order valence-electron chi connectivity index (χ0n) is 12.9. The molecule has 0 radical (unpaired) electrons. The van der Waals surface area contributed by atoms with Crippen LogP contribution in [0.2, 0.25) is 0 Å². The maximum absolute atomic E-state index is 5.74. The number of ether oxygens (including phenoxy) is 1. The molecule has 1 aliphatic rings. The molecule has 1 aromatic rings. The Kier molecular flexibility index (Phi) is 5.40. The van der Waals surface area contributed by atoms with E-state index in [9.17, 15) is 0 Å². The first-order valence-corrected chi connectivity index (χ1v) is 7.44. The summed E-state index contributed by atoms with van der Waals surface area (Å²) in [4.78, 5) is 4.97. The van der Waals surface area contributed by atoms with Gasteiger partial charge in [-0.2, -0.15) is 0 Å². The fourth-order valence-corrected chi connectivity index (χ4v) is 2.78. The third kappa shape index (κ3) is 3.72. The highest BCUT2D eigenvalue weighted by Crippen LogP contribution is 2.22. The van der Waals surface area contributed by atoms with Crippen LogP contribution in [0, 0.1) is 6.92 Å². The number of benzene rings is 1. The van der Waals surface area contributed by atoms with Gasteiger partial charge in [-0.15, -0.1) is 0 Å². The fraction of sp³-hybridized carbons (Fsp3) is 0.625. The van der Waals surface area contributed by atoms with Gasteiger partial charge in [0, 0.05) is 50.9 Å². The smallest absolute Gasteiger partial charge is 0.123 e. The van der Waals surface area contributed by atoms with E-state index >= 15 is 0 Å². The van der Waals surface area contributed by atoms with Crippen molar-refractivity contribution in [1.82, 2.24) is 9.80 Å². The minimum Gasteiger partial charge on any atom is -0.496 e. The SMILES string of the molecule is COc1ccc(C)cc1CN1CCN(C(C)CN)CC1. The number of aryl methyl sites for hydroxylation is 1. The van der Waals surface area contributed by atoms with Crippen LogP contribution in [0.25, 0.3) is 0 Å². The Hall–Kier alpha value is -1.10. The maximum Gasteiger partial charge on any atom is 0.123 e. The molecular formula is C16H27N3O. The van der Waals surface area contributed by atoms with Gasteiger partial charge in [0.25, 0.3) is 0 Å². The predicted octanol–water partition coefficient (Wildman–Crippen LogP) is 1.47. The topological polar surface area (TPSA) is 41.7 Å². The molecule has 1 aliphatic heterocycles. The van der Waals surface area contributed by atoms with Gasteiger partial charge < -0.3 is 10.5 Å². The summed E-state index contributed by atoms with van der Waals surface area (Å²) < 4.78 is 5.47. The van der Waals surface area contributed by atoms with Gasteiger partial charge in [0.1, 0.15) is 5.75 Å². The van der Waals surface area contributed by atoms with Gasteiger partial charge in [-0.25, -0.2) is 0 Å². The molecule has 4 heteroatoms. The number of rotatable bonds is 5. The van der Waals surface area contributed by atoms with E-state index < -0.39 is 0 Å². The number of piperazine rings is 1. The van der Waals surface area contributed by atoms with E-state index in [1.165, 1.54) is 11.1 Å². The predicted molar refractivity (Wildman–Crippen MR) is 83.1 cm³/mol. The summed E-state index contributed by atoms with van der Waals surface area (Å²) in [6.07, 6.45) is 0. The lowest BCUT2D eigenvalue weighted by Gasteiger charge is -2.37. The Morgan fingerprint density at radius 2 is 1.95 bits per heavy atom. The van der Waals surface area contributed by atoms with Crippen LogP contribution in [0.3, 0.4) is 0 Å². The lowest BCUT2D eigenvalue weighted by Crippen LogP contribution is -2.51. The van der Waals surface area contributed by atoms with Crippen molar-refractivity contribution in [2.24, 2.45) is 5.73 Å². The van der Waals surface area contributed by atoms with E-state index in [0.29, 0.717) is 6.04 Å². The molecule has 0 amide bonds. The quantitative estimate of drug-likeness (QED) is 0.885. The Morgan fingerprint density at radius 3 is 2.55 bits per heavy atom. The lowest BCUT2D eigenvalue weighted by atomic mass is 10.1. The first-order chi connectivity index (χ1) is 9.63. The third-order valence-electron chi connectivity index (χ3n) is 4.20. The number of methoxy groups -OCH3 is 1. The molecule has 0 aromatic heterocycles.